The Morgan fingerprint density at radius 2 is 1.81 bits per heavy atom. The number of H-pyrrole nitrogens is 1. The van der Waals surface area contributed by atoms with Crippen LogP contribution in [0.25, 0.3) is 11.3 Å². The molecule has 0 aliphatic heterocycles. The molecular formula is C13H16N2O. The van der Waals surface area contributed by atoms with E-state index in [1.807, 2.05) is 26.0 Å². The third kappa shape index (κ3) is 1.81. The van der Waals surface area contributed by atoms with E-state index in [0.29, 0.717) is 0 Å². The first kappa shape index (κ1) is 10.7. The first-order valence-electron chi connectivity index (χ1n) is 5.46. The van der Waals surface area contributed by atoms with E-state index >= 15 is 0 Å². The van der Waals surface area contributed by atoms with Gasteiger partial charge in [-0.15, -0.1) is 0 Å². The van der Waals surface area contributed by atoms with Crippen molar-refractivity contribution in [3.05, 3.63) is 46.5 Å². The minimum absolute atomic E-state index is 0.0504. The van der Waals surface area contributed by atoms with Crippen LogP contribution in [0.4, 0.5) is 0 Å². The van der Waals surface area contributed by atoms with Gasteiger partial charge in [-0.05, 0) is 26.3 Å². The second-order valence-electron chi connectivity index (χ2n) is 4.31. The lowest BCUT2D eigenvalue weighted by atomic mass is 10.1. The maximum Gasteiger partial charge on any atom is 0.326 e. The fourth-order valence-corrected chi connectivity index (χ4v) is 1.84. The van der Waals surface area contributed by atoms with Crippen LogP contribution in [0.5, 0.6) is 0 Å². The smallest absolute Gasteiger partial charge is 0.312 e. The SMILES string of the molecule is Cc1ccc(-c2c[nH]c(=O)n2C(C)C)cc1. The van der Waals surface area contributed by atoms with Crippen LogP contribution in [0.2, 0.25) is 0 Å². The number of imidazole rings is 1. The number of hydrogen-bond donors (Lipinski definition) is 1. The largest absolute Gasteiger partial charge is 0.326 e. The van der Waals surface area contributed by atoms with Crippen molar-refractivity contribution in [2.24, 2.45) is 0 Å². The summed E-state index contributed by atoms with van der Waals surface area (Å²) in [7, 11) is 0. The topological polar surface area (TPSA) is 37.8 Å². The Kier molecular flexibility index (Phi) is 2.69. The molecule has 0 aliphatic rings. The lowest BCUT2D eigenvalue weighted by molar-refractivity contribution is 0.586. The van der Waals surface area contributed by atoms with Gasteiger partial charge < -0.3 is 4.98 Å². The molecule has 0 saturated carbocycles. The van der Waals surface area contributed by atoms with Crippen molar-refractivity contribution in [3.63, 3.8) is 0 Å². The Balaban J connectivity index is 2.56. The monoisotopic (exact) mass is 216 g/mol. The van der Waals surface area contributed by atoms with Crippen LogP contribution >= 0.6 is 0 Å². The lowest BCUT2D eigenvalue weighted by Gasteiger charge is -2.10. The third-order valence-electron chi connectivity index (χ3n) is 2.67. The lowest BCUT2D eigenvalue weighted by Crippen LogP contribution is -2.19. The summed E-state index contributed by atoms with van der Waals surface area (Å²) < 4.78 is 1.77. The van der Waals surface area contributed by atoms with Crippen LogP contribution in [0.1, 0.15) is 25.5 Å². The van der Waals surface area contributed by atoms with Crippen molar-refractivity contribution in [1.82, 2.24) is 9.55 Å². The van der Waals surface area contributed by atoms with Gasteiger partial charge in [0.1, 0.15) is 0 Å². The van der Waals surface area contributed by atoms with Gasteiger partial charge in [0.25, 0.3) is 0 Å². The standard InChI is InChI=1S/C13H16N2O/c1-9(2)15-12(8-14-13(15)16)11-6-4-10(3)5-7-11/h4-9H,1-3H3,(H,14,16). The quantitative estimate of drug-likeness (QED) is 0.823. The number of aryl methyl sites for hydroxylation is 1. The van der Waals surface area contributed by atoms with Gasteiger partial charge in [-0.2, -0.15) is 0 Å². The molecule has 1 aromatic carbocycles. The summed E-state index contributed by atoms with van der Waals surface area (Å²) in [6, 6.07) is 8.35. The maximum atomic E-state index is 11.6. The summed E-state index contributed by atoms with van der Waals surface area (Å²) in [5, 5.41) is 0. The molecule has 1 N–H and O–H groups in total. The molecule has 84 valence electrons. The highest BCUT2D eigenvalue weighted by Gasteiger charge is 2.10. The van der Waals surface area contributed by atoms with E-state index in [4.69, 9.17) is 0 Å². The van der Waals surface area contributed by atoms with Gasteiger partial charge in [-0.1, -0.05) is 29.8 Å². The Bertz CT molecular complexity index is 532. The first-order valence-corrected chi connectivity index (χ1v) is 5.46. The highest BCUT2D eigenvalue weighted by Crippen LogP contribution is 2.20. The molecule has 0 bridgehead atoms. The predicted molar refractivity (Wildman–Crippen MR) is 65.6 cm³/mol. The number of nitrogens with zero attached hydrogens (tertiary/aromatic N) is 1. The average molecular weight is 216 g/mol. The maximum absolute atomic E-state index is 11.6. The molecule has 0 aliphatic carbocycles. The zero-order valence-electron chi connectivity index (χ0n) is 9.82. The summed E-state index contributed by atoms with van der Waals surface area (Å²) in [5.41, 5.74) is 3.18. The molecule has 0 saturated heterocycles. The normalized spacial score (nSPS) is 11.0. The van der Waals surface area contributed by atoms with Crippen molar-refractivity contribution in [2.75, 3.05) is 0 Å². The molecule has 0 amide bonds. The number of rotatable bonds is 2. The van der Waals surface area contributed by atoms with Gasteiger partial charge >= 0.3 is 5.69 Å². The molecule has 16 heavy (non-hydrogen) atoms. The van der Waals surface area contributed by atoms with E-state index in [2.05, 4.69) is 24.0 Å². The summed E-state index contributed by atoms with van der Waals surface area (Å²) in [5.74, 6) is 0. The number of nitrogens with one attached hydrogen (secondary N) is 1. The molecule has 0 unspecified atom stereocenters. The van der Waals surface area contributed by atoms with Gasteiger partial charge in [0, 0.05) is 12.2 Å². The average Bonchev–Trinajstić information content (AvgIpc) is 2.61. The molecule has 3 heteroatoms. The van der Waals surface area contributed by atoms with Gasteiger partial charge in [-0.25, -0.2) is 4.79 Å². The fourth-order valence-electron chi connectivity index (χ4n) is 1.84. The summed E-state index contributed by atoms with van der Waals surface area (Å²) >= 11 is 0. The Morgan fingerprint density at radius 3 is 2.38 bits per heavy atom. The molecule has 0 atom stereocenters. The van der Waals surface area contributed by atoms with Crippen LogP contribution in [0.15, 0.2) is 35.3 Å². The van der Waals surface area contributed by atoms with E-state index in [0.717, 1.165) is 11.3 Å². The van der Waals surface area contributed by atoms with Crippen molar-refractivity contribution < 1.29 is 0 Å². The Hall–Kier alpha value is -1.77. The molecule has 2 rings (SSSR count). The molecular weight excluding hydrogens is 200 g/mol. The molecule has 3 nitrogen and oxygen atoms in total. The van der Waals surface area contributed by atoms with Gasteiger partial charge in [-0.3, -0.25) is 4.57 Å². The Labute approximate surface area is 94.7 Å². The first-order chi connectivity index (χ1) is 7.59. The summed E-state index contributed by atoms with van der Waals surface area (Å²) in [6.07, 6.45) is 1.77. The van der Waals surface area contributed by atoms with Gasteiger partial charge in [0.2, 0.25) is 0 Å². The third-order valence-corrected chi connectivity index (χ3v) is 2.67. The molecule has 2 aromatic rings. The number of aromatic nitrogens is 2. The molecule has 1 aromatic heterocycles. The van der Waals surface area contributed by atoms with Crippen molar-refractivity contribution in [3.8, 4) is 11.3 Å². The van der Waals surface area contributed by atoms with E-state index in [1.165, 1.54) is 5.56 Å². The molecule has 0 radical (unpaired) electrons. The highest BCUT2D eigenvalue weighted by atomic mass is 16.1. The van der Waals surface area contributed by atoms with Gasteiger partial charge in [0.05, 0.1) is 5.69 Å². The zero-order chi connectivity index (χ0) is 11.7. The van der Waals surface area contributed by atoms with Crippen LogP contribution in [0.3, 0.4) is 0 Å². The number of aromatic amines is 1. The fraction of sp³-hybridized carbons (Fsp3) is 0.308. The van der Waals surface area contributed by atoms with Crippen molar-refractivity contribution in [1.29, 1.82) is 0 Å². The zero-order valence-corrected chi connectivity index (χ0v) is 9.82. The van der Waals surface area contributed by atoms with Crippen LogP contribution in [-0.2, 0) is 0 Å². The van der Waals surface area contributed by atoms with E-state index < -0.39 is 0 Å². The van der Waals surface area contributed by atoms with Crippen LogP contribution < -0.4 is 5.69 Å². The highest BCUT2D eigenvalue weighted by molar-refractivity contribution is 5.59. The number of benzene rings is 1. The second kappa shape index (κ2) is 4.00. The van der Waals surface area contributed by atoms with Gasteiger partial charge in [0.15, 0.2) is 0 Å². The minimum atomic E-state index is -0.0504. The summed E-state index contributed by atoms with van der Waals surface area (Å²) in [4.78, 5) is 14.4. The second-order valence-corrected chi connectivity index (χ2v) is 4.31. The predicted octanol–water partition coefficient (Wildman–Crippen LogP) is 2.73. The van der Waals surface area contributed by atoms with Crippen LogP contribution in [-0.4, -0.2) is 9.55 Å². The molecule has 0 fully saturated rings. The van der Waals surface area contributed by atoms with E-state index in [9.17, 15) is 4.79 Å². The Morgan fingerprint density at radius 1 is 1.19 bits per heavy atom. The number of hydrogen-bond acceptors (Lipinski definition) is 1. The molecule has 1 heterocycles. The van der Waals surface area contributed by atoms with E-state index in [-0.39, 0.29) is 11.7 Å². The van der Waals surface area contributed by atoms with E-state index in [1.54, 1.807) is 10.8 Å². The van der Waals surface area contributed by atoms with Crippen LogP contribution in [0, 0.1) is 6.92 Å². The summed E-state index contributed by atoms with van der Waals surface area (Å²) in [6.45, 7) is 6.07. The minimum Gasteiger partial charge on any atom is -0.312 e. The van der Waals surface area contributed by atoms with Crippen molar-refractivity contribution in [2.45, 2.75) is 26.8 Å². The molecule has 0 spiro atoms. The van der Waals surface area contributed by atoms with Crippen molar-refractivity contribution >= 4 is 0 Å².